The molecule has 0 saturated carbocycles. The van der Waals surface area contributed by atoms with Crippen molar-refractivity contribution >= 4 is 17.7 Å². The zero-order valence-corrected chi connectivity index (χ0v) is 15.1. The lowest BCUT2D eigenvalue weighted by Crippen LogP contribution is -2.33. The Balaban J connectivity index is 1.74. The zero-order valence-electron chi connectivity index (χ0n) is 15.1. The van der Waals surface area contributed by atoms with E-state index in [1.807, 2.05) is 0 Å². The quantitative estimate of drug-likeness (QED) is 0.466. The second kappa shape index (κ2) is 8.41. The number of amides is 2. The first-order valence-corrected chi connectivity index (χ1v) is 8.60. The second-order valence-corrected chi connectivity index (χ2v) is 6.30. The van der Waals surface area contributed by atoms with Crippen LogP contribution in [0.1, 0.15) is 12.5 Å². The van der Waals surface area contributed by atoms with E-state index in [0.717, 1.165) is 5.56 Å². The molecule has 28 heavy (non-hydrogen) atoms. The van der Waals surface area contributed by atoms with Gasteiger partial charge in [-0.25, -0.2) is 9.18 Å². The number of cyclic esters (lactones) is 1. The predicted octanol–water partition coefficient (Wildman–Crippen LogP) is 3.76. The van der Waals surface area contributed by atoms with Gasteiger partial charge in [0.25, 0.3) is 0 Å². The fourth-order valence-electron chi connectivity index (χ4n) is 2.91. The number of azide groups is 1. The average Bonchev–Trinajstić information content (AvgIpc) is 3.06. The highest BCUT2D eigenvalue weighted by Crippen LogP contribution is 2.29. The third-order valence-corrected chi connectivity index (χ3v) is 4.30. The number of ether oxygens (including phenoxy) is 1. The monoisotopic (exact) mass is 383 g/mol. The highest BCUT2D eigenvalue weighted by Gasteiger charge is 2.32. The van der Waals surface area contributed by atoms with Crippen LogP contribution in [0.2, 0.25) is 0 Å². The Kier molecular flexibility index (Phi) is 5.76. The number of nitrogens with zero attached hydrogens (tertiary/aromatic N) is 4. The molecule has 0 bridgehead atoms. The summed E-state index contributed by atoms with van der Waals surface area (Å²) in [4.78, 5) is 27.1. The lowest BCUT2D eigenvalue weighted by atomic mass is 10.0. The molecule has 0 unspecified atom stereocenters. The number of nitrogens with one attached hydrogen (secondary N) is 1. The molecular formula is C19H18FN5O3. The van der Waals surface area contributed by atoms with Crippen LogP contribution in [0.25, 0.3) is 21.6 Å². The normalized spacial score (nSPS) is 15.7. The Hall–Kier alpha value is -3.58. The van der Waals surface area contributed by atoms with Crippen molar-refractivity contribution in [2.24, 2.45) is 5.11 Å². The van der Waals surface area contributed by atoms with E-state index in [0.29, 0.717) is 16.8 Å². The molecule has 0 spiro atoms. The van der Waals surface area contributed by atoms with Crippen molar-refractivity contribution in [2.45, 2.75) is 19.6 Å². The first kappa shape index (κ1) is 19.2. The minimum Gasteiger partial charge on any atom is -0.442 e. The van der Waals surface area contributed by atoms with Gasteiger partial charge in [0.05, 0.1) is 25.3 Å². The number of carbonyl (C=O) groups excluding carboxylic acids is 2. The van der Waals surface area contributed by atoms with Crippen LogP contribution in [-0.2, 0) is 16.1 Å². The van der Waals surface area contributed by atoms with Crippen molar-refractivity contribution in [3.05, 3.63) is 64.3 Å². The van der Waals surface area contributed by atoms with E-state index in [9.17, 15) is 14.0 Å². The molecule has 1 atom stereocenters. The second-order valence-electron chi connectivity index (χ2n) is 6.30. The molecular weight excluding hydrogens is 365 g/mol. The van der Waals surface area contributed by atoms with Gasteiger partial charge in [0, 0.05) is 17.4 Å². The molecule has 8 nitrogen and oxygen atoms in total. The van der Waals surface area contributed by atoms with Crippen LogP contribution < -0.4 is 10.2 Å². The molecule has 144 valence electrons. The molecule has 0 aliphatic carbocycles. The zero-order chi connectivity index (χ0) is 20.1. The number of benzene rings is 2. The molecule has 0 radical (unpaired) electrons. The Labute approximate surface area is 160 Å². The highest BCUT2D eigenvalue weighted by molar-refractivity contribution is 5.90. The Morgan fingerprint density at radius 2 is 2.11 bits per heavy atom. The van der Waals surface area contributed by atoms with Gasteiger partial charge in [-0.2, -0.15) is 0 Å². The molecule has 9 heteroatoms. The molecule has 1 fully saturated rings. The maximum absolute atomic E-state index is 14.7. The summed E-state index contributed by atoms with van der Waals surface area (Å²) in [5.74, 6) is -0.686. The van der Waals surface area contributed by atoms with Crippen molar-refractivity contribution < 1.29 is 18.7 Å². The van der Waals surface area contributed by atoms with Crippen LogP contribution >= 0.6 is 0 Å². The lowest BCUT2D eigenvalue weighted by molar-refractivity contribution is -0.119. The summed E-state index contributed by atoms with van der Waals surface area (Å²) in [6.07, 6.45) is -1.06. The van der Waals surface area contributed by atoms with E-state index < -0.39 is 18.0 Å². The Bertz CT molecular complexity index is 941. The SMILES string of the molecule is CC(=O)NC[C@H]1CN(c2ccc(-c3ccc(CN=[N+]=[N-])cc3)c(F)c2)C(=O)O1. The molecule has 0 aromatic heterocycles. The van der Waals surface area contributed by atoms with Crippen molar-refractivity contribution in [3.63, 3.8) is 0 Å². The standard InChI is InChI=1S/C19H18FN5O3/c1-12(26)22-10-16-11-25(19(27)28-16)15-6-7-17(18(20)8-15)14-4-2-13(3-5-14)9-23-24-21/h2-8,16H,9-11H2,1H3,(H,22,26)/t16-/m0/s1. The molecule has 2 aromatic carbocycles. The third kappa shape index (κ3) is 4.39. The topological polar surface area (TPSA) is 107 Å². The van der Waals surface area contributed by atoms with Gasteiger partial charge in [0.15, 0.2) is 0 Å². The fourth-order valence-corrected chi connectivity index (χ4v) is 2.91. The van der Waals surface area contributed by atoms with Crippen LogP contribution in [0.3, 0.4) is 0 Å². The molecule has 3 rings (SSSR count). The van der Waals surface area contributed by atoms with Crippen LogP contribution in [0.15, 0.2) is 47.6 Å². The van der Waals surface area contributed by atoms with Crippen molar-refractivity contribution in [3.8, 4) is 11.1 Å². The molecule has 1 heterocycles. The number of hydrogen-bond donors (Lipinski definition) is 1. The van der Waals surface area contributed by atoms with Gasteiger partial charge in [0.1, 0.15) is 11.9 Å². The van der Waals surface area contributed by atoms with Gasteiger partial charge in [-0.15, -0.1) is 0 Å². The van der Waals surface area contributed by atoms with E-state index in [-0.39, 0.29) is 25.5 Å². The maximum Gasteiger partial charge on any atom is 0.414 e. The summed E-state index contributed by atoms with van der Waals surface area (Å²) >= 11 is 0. The van der Waals surface area contributed by atoms with E-state index >= 15 is 0 Å². The molecule has 1 saturated heterocycles. The number of hydrogen-bond acceptors (Lipinski definition) is 4. The molecule has 1 aliphatic rings. The summed E-state index contributed by atoms with van der Waals surface area (Å²) in [6, 6.07) is 11.5. The minimum absolute atomic E-state index is 0.209. The van der Waals surface area contributed by atoms with E-state index in [1.54, 1.807) is 36.4 Å². The van der Waals surface area contributed by atoms with Crippen LogP contribution in [0, 0.1) is 5.82 Å². The fraction of sp³-hybridized carbons (Fsp3) is 0.263. The minimum atomic E-state index is -0.579. The van der Waals surface area contributed by atoms with Crippen LogP contribution in [0.4, 0.5) is 14.9 Å². The lowest BCUT2D eigenvalue weighted by Gasteiger charge is -2.14. The molecule has 1 aliphatic heterocycles. The molecule has 1 N–H and O–H groups in total. The number of carbonyl (C=O) groups is 2. The van der Waals surface area contributed by atoms with Gasteiger partial charge in [0.2, 0.25) is 5.91 Å². The van der Waals surface area contributed by atoms with Crippen molar-refractivity contribution in [1.29, 1.82) is 0 Å². The number of anilines is 1. The summed E-state index contributed by atoms with van der Waals surface area (Å²) in [7, 11) is 0. The van der Waals surface area contributed by atoms with Crippen LogP contribution in [-0.4, -0.2) is 31.2 Å². The highest BCUT2D eigenvalue weighted by atomic mass is 19.1. The maximum atomic E-state index is 14.7. The van der Waals surface area contributed by atoms with Gasteiger partial charge >= 0.3 is 6.09 Å². The van der Waals surface area contributed by atoms with E-state index in [2.05, 4.69) is 15.3 Å². The molecule has 2 aromatic rings. The predicted molar refractivity (Wildman–Crippen MR) is 101 cm³/mol. The Morgan fingerprint density at radius 3 is 2.75 bits per heavy atom. The summed E-state index contributed by atoms with van der Waals surface area (Å²) in [6.45, 7) is 2.05. The van der Waals surface area contributed by atoms with Gasteiger partial charge in [-0.1, -0.05) is 29.4 Å². The summed E-state index contributed by atoms with van der Waals surface area (Å²) in [5.41, 5.74) is 10.6. The first-order valence-electron chi connectivity index (χ1n) is 8.60. The van der Waals surface area contributed by atoms with Gasteiger partial charge in [-0.05, 0) is 34.9 Å². The van der Waals surface area contributed by atoms with E-state index in [4.69, 9.17) is 10.3 Å². The smallest absolute Gasteiger partial charge is 0.414 e. The number of halogens is 1. The first-order chi connectivity index (χ1) is 13.5. The van der Waals surface area contributed by atoms with Crippen molar-refractivity contribution in [1.82, 2.24) is 5.32 Å². The van der Waals surface area contributed by atoms with Crippen LogP contribution in [0.5, 0.6) is 0 Å². The van der Waals surface area contributed by atoms with Gasteiger partial charge in [-0.3, -0.25) is 9.69 Å². The van der Waals surface area contributed by atoms with Gasteiger partial charge < -0.3 is 10.1 Å². The van der Waals surface area contributed by atoms with E-state index in [1.165, 1.54) is 17.9 Å². The van der Waals surface area contributed by atoms with Crippen molar-refractivity contribution in [2.75, 3.05) is 18.0 Å². The Morgan fingerprint density at radius 1 is 1.36 bits per heavy atom. The third-order valence-electron chi connectivity index (χ3n) is 4.30. The summed E-state index contributed by atoms with van der Waals surface area (Å²) < 4.78 is 19.9. The number of rotatable bonds is 6. The molecule has 2 amide bonds. The average molecular weight is 383 g/mol. The summed E-state index contributed by atoms with van der Waals surface area (Å²) in [5, 5.41) is 6.08. The largest absolute Gasteiger partial charge is 0.442 e.